The van der Waals surface area contributed by atoms with Crippen LogP contribution in [-0.2, 0) is 34.2 Å². The standard InChI is InChI=1S/C17H24N2O8S2/c1-2-26-14-3-5-15(6-4-14)29(24,25)18-9-7-17(21)27-11-16(20)19-13-8-10-28(22,23)12-13/h3-6,13,18H,2,7-12H2,1H3,(H,19,20)/t13-/m1/s1. The highest BCUT2D eigenvalue weighted by Gasteiger charge is 2.29. The molecule has 1 aliphatic rings. The number of carbonyl (C=O) groups excluding carboxylic acids is 2. The van der Waals surface area contributed by atoms with Crippen molar-refractivity contribution in [3.05, 3.63) is 24.3 Å². The molecule has 0 saturated carbocycles. The molecule has 1 amide bonds. The molecule has 12 heteroatoms. The second-order valence-electron chi connectivity index (χ2n) is 6.38. The first-order valence-corrected chi connectivity index (χ1v) is 12.3. The van der Waals surface area contributed by atoms with Gasteiger partial charge < -0.3 is 14.8 Å². The molecule has 0 aliphatic carbocycles. The molecular weight excluding hydrogens is 424 g/mol. The summed E-state index contributed by atoms with van der Waals surface area (Å²) in [6.45, 7) is 1.52. The number of hydrogen-bond donors (Lipinski definition) is 2. The Hall–Kier alpha value is -2.18. The number of carbonyl (C=O) groups is 2. The maximum Gasteiger partial charge on any atom is 0.307 e. The molecular formula is C17H24N2O8S2. The van der Waals surface area contributed by atoms with Crippen LogP contribution < -0.4 is 14.8 Å². The summed E-state index contributed by atoms with van der Waals surface area (Å²) in [5.41, 5.74) is 0. The highest BCUT2D eigenvalue weighted by atomic mass is 32.2. The third-order valence-corrected chi connectivity index (χ3v) is 7.27. The molecule has 1 saturated heterocycles. The van der Waals surface area contributed by atoms with Gasteiger partial charge in [-0.2, -0.15) is 0 Å². The molecule has 1 aromatic carbocycles. The van der Waals surface area contributed by atoms with Crippen LogP contribution in [0.2, 0.25) is 0 Å². The Balaban J connectivity index is 1.70. The molecule has 1 fully saturated rings. The van der Waals surface area contributed by atoms with Gasteiger partial charge in [-0.15, -0.1) is 0 Å². The smallest absolute Gasteiger partial charge is 0.307 e. The Morgan fingerprint density at radius 3 is 2.48 bits per heavy atom. The molecule has 0 bridgehead atoms. The van der Waals surface area contributed by atoms with Gasteiger partial charge >= 0.3 is 5.97 Å². The van der Waals surface area contributed by atoms with Crippen LogP contribution >= 0.6 is 0 Å². The number of ether oxygens (including phenoxy) is 2. The monoisotopic (exact) mass is 448 g/mol. The van der Waals surface area contributed by atoms with E-state index in [0.717, 1.165) is 0 Å². The molecule has 0 radical (unpaired) electrons. The summed E-state index contributed by atoms with van der Waals surface area (Å²) in [5, 5.41) is 2.49. The van der Waals surface area contributed by atoms with Crippen LogP contribution in [0.5, 0.6) is 5.75 Å². The first-order chi connectivity index (χ1) is 13.6. The number of esters is 1. The van der Waals surface area contributed by atoms with Crippen molar-refractivity contribution in [1.29, 1.82) is 0 Å². The first-order valence-electron chi connectivity index (χ1n) is 8.99. The molecule has 2 rings (SSSR count). The molecule has 0 aromatic heterocycles. The second kappa shape index (κ2) is 10.0. The van der Waals surface area contributed by atoms with E-state index in [1.807, 2.05) is 6.92 Å². The van der Waals surface area contributed by atoms with Gasteiger partial charge in [0.2, 0.25) is 10.0 Å². The molecule has 1 aliphatic heterocycles. The number of hydrogen-bond acceptors (Lipinski definition) is 8. The summed E-state index contributed by atoms with van der Waals surface area (Å²) in [4.78, 5) is 23.4. The lowest BCUT2D eigenvalue weighted by Crippen LogP contribution is -2.38. The van der Waals surface area contributed by atoms with E-state index in [4.69, 9.17) is 9.47 Å². The van der Waals surface area contributed by atoms with E-state index in [1.165, 1.54) is 24.3 Å². The minimum Gasteiger partial charge on any atom is -0.494 e. The van der Waals surface area contributed by atoms with Gasteiger partial charge in [-0.25, -0.2) is 21.6 Å². The molecule has 1 aromatic rings. The van der Waals surface area contributed by atoms with E-state index < -0.39 is 44.4 Å². The van der Waals surface area contributed by atoms with Gasteiger partial charge in [-0.1, -0.05) is 0 Å². The number of amides is 1. The molecule has 1 heterocycles. The Morgan fingerprint density at radius 2 is 1.90 bits per heavy atom. The van der Waals surface area contributed by atoms with Crippen LogP contribution in [0.1, 0.15) is 19.8 Å². The van der Waals surface area contributed by atoms with E-state index in [0.29, 0.717) is 18.8 Å². The molecule has 0 unspecified atom stereocenters. The Morgan fingerprint density at radius 1 is 1.21 bits per heavy atom. The van der Waals surface area contributed by atoms with Crippen molar-refractivity contribution < 1.29 is 35.9 Å². The fourth-order valence-electron chi connectivity index (χ4n) is 2.65. The maximum absolute atomic E-state index is 12.2. The van der Waals surface area contributed by atoms with Crippen LogP contribution in [0.4, 0.5) is 0 Å². The lowest BCUT2D eigenvalue weighted by molar-refractivity contribution is -0.148. The molecule has 0 spiro atoms. The van der Waals surface area contributed by atoms with Crippen molar-refractivity contribution in [2.75, 3.05) is 31.3 Å². The zero-order valence-electron chi connectivity index (χ0n) is 15.9. The van der Waals surface area contributed by atoms with E-state index in [-0.39, 0.29) is 29.4 Å². The van der Waals surface area contributed by atoms with Gasteiger partial charge in [0.25, 0.3) is 5.91 Å². The second-order valence-corrected chi connectivity index (χ2v) is 10.4. The van der Waals surface area contributed by atoms with Crippen molar-refractivity contribution in [1.82, 2.24) is 10.0 Å². The Kier molecular flexibility index (Phi) is 7.99. The number of rotatable bonds is 10. The zero-order chi connectivity index (χ0) is 21.5. The average molecular weight is 449 g/mol. The third-order valence-electron chi connectivity index (χ3n) is 4.03. The summed E-state index contributed by atoms with van der Waals surface area (Å²) < 4.78 is 59.3. The molecule has 162 valence electrons. The summed E-state index contributed by atoms with van der Waals surface area (Å²) in [6.07, 6.45) is 0.0662. The first kappa shape index (κ1) is 23.1. The van der Waals surface area contributed by atoms with Crippen LogP contribution in [0.3, 0.4) is 0 Å². The average Bonchev–Trinajstić information content (AvgIpc) is 2.99. The Labute approximate surface area is 169 Å². The fourth-order valence-corrected chi connectivity index (χ4v) is 5.35. The highest BCUT2D eigenvalue weighted by molar-refractivity contribution is 7.91. The van der Waals surface area contributed by atoms with Crippen LogP contribution in [0, 0.1) is 0 Å². The van der Waals surface area contributed by atoms with Crippen LogP contribution in [0.25, 0.3) is 0 Å². The van der Waals surface area contributed by atoms with E-state index >= 15 is 0 Å². The fraction of sp³-hybridized carbons (Fsp3) is 0.529. The summed E-state index contributed by atoms with van der Waals surface area (Å²) >= 11 is 0. The molecule has 10 nitrogen and oxygen atoms in total. The van der Waals surface area contributed by atoms with E-state index in [2.05, 4.69) is 10.0 Å². The normalized spacial score (nSPS) is 18.2. The number of sulfonamides is 1. The minimum absolute atomic E-state index is 0.0201. The summed E-state index contributed by atoms with van der Waals surface area (Å²) in [7, 11) is -6.92. The number of nitrogens with one attached hydrogen (secondary N) is 2. The van der Waals surface area contributed by atoms with Crippen LogP contribution in [0.15, 0.2) is 29.2 Å². The molecule has 29 heavy (non-hydrogen) atoms. The third kappa shape index (κ3) is 7.63. The van der Waals surface area contributed by atoms with Gasteiger partial charge in [0.15, 0.2) is 16.4 Å². The SMILES string of the molecule is CCOc1ccc(S(=O)(=O)NCCC(=O)OCC(=O)N[C@@H]2CCS(=O)(=O)C2)cc1. The lowest BCUT2D eigenvalue weighted by Gasteiger charge is -2.11. The highest BCUT2D eigenvalue weighted by Crippen LogP contribution is 2.15. The quantitative estimate of drug-likeness (QED) is 0.460. The zero-order valence-corrected chi connectivity index (χ0v) is 17.6. The van der Waals surface area contributed by atoms with Crippen molar-refractivity contribution in [3.63, 3.8) is 0 Å². The van der Waals surface area contributed by atoms with Crippen molar-refractivity contribution >= 4 is 31.7 Å². The van der Waals surface area contributed by atoms with Gasteiger partial charge in [-0.3, -0.25) is 9.59 Å². The van der Waals surface area contributed by atoms with Gasteiger partial charge in [0.1, 0.15) is 5.75 Å². The minimum atomic E-state index is -3.80. The largest absolute Gasteiger partial charge is 0.494 e. The maximum atomic E-state index is 12.2. The van der Waals surface area contributed by atoms with Gasteiger partial charge in [0, 0.05) is 12.6 Å². The van der Waals surface area contributed by atoms with E-state index in [1.54, 1.807) is 0 Å². The van der Waals surface area contributed by atoms with Gasteiger partial charge in [-0.05, 0) is 37.6 Å². The van der Waals surface area contributed by atoms with Crippen molar-refractivity contribution in [3.8, 4) is 5.75 Å². The molecule has 1 atom stereocenters. The summed E-state index contributed by atoms with van der Waals surface area (Å²) in [6, 6.07) is 5.35. The van der Waals surface area contributed by atoms with Crippen molar-refractivity contribution in [2.45, 2.75) is 30.7 Å². The summed E-state index contributed by atoms with van der Waals surface area (Å²) in [5.74, 6) is -0.917. The number of sulfone groups is 1. The van der Waals surface area contributed by atoms with Crippen molar-refractivity contribution in [2.24, 2.45) is 0 Å². The predicted octanol–water partition coefficient (Wildman–Crippen LogP) is -0.400. The topological polar surface area (TPSA) is 145 Å². The van der Waals surface area contributed by atoms with Crippen LogP contribution in [-0.4, -0.2) is 66.0 Å². The van der Waals surface area contributed by atoms with E-state index in [9.17, 15) is 26.4 Å². The predicted molar refractivity (Wildman–Crippen MR) is 104 cm³/mol. The molecule has 2 N–H and O–H groups in total. The number of benzene rings is 1. The van der Waals surface area contributed by atoms with Gasteiger partial charge in [0.05, 0.1) is 29.4 Å². The Bertz CT molecular complexity index is 927. The lowest BCUT2D eigenvalue weighted by atomic mass is 10.2.